The molecule has 220 valence electrons. The molecule has 42 heavy (non-hydrogen) atoms. The molecule has 1 saturated carbocycles. The third-order valence-corrected chi connectivity index (χ3v) is 8.38. The highest BCUT2D eigenvalue weighted by atomic mass is 19.3. The Labute approximate surface area is 239 Å². The molecule has 4 unspecified atom stereocenters. The number of amides is 4. The van der Waals surface area contributed by atoms with Crippen molar-refractivity contribution in [2.45, 2.75) is 44.4 Å². The summed E-state index contributed by atoms with van der Waals surface area (Å²) in [7, 11) is 1.50. The Bertz CT molecular complexity index is 1470. The summed E-state index contributed by atoms with van der Waals surface area (Å²) in [4.78, 5) is 74.1. The number of anilines is 2. The van der Waals surface area contributed by atoms with Crippen molar-refractivity contribution in [2.24, 2.45) is 16.8 Å². The Kier molecular flexibility index (Phi) is 6.61. The summed E-state index contributed by atoms with van der Waals surface area (Å²) in [5.74, 6) is -4.53. The molecule has 0 aromatic carbocycles. The lowest BCUT2D eigenvalue weighted by atomic mass is 10.1. The van der Waals surface area contributed by atoms with Gasteiger partial charge in [0.2, 0.25) is 11.9 Å². The van der Waals surface area contributed by atoms with Crippen LogP contribution >= 0.6 is 0 Å². The highest BCUT2D eigenvalue weighted by molar-refractivity contribution is 6.05. The molecule has 2 aromatic rings. The Balaban J connectivity index is 1.12. The minimum atomic E-state index is -2.58. The number of urea groups is 1. The largest absolute Gasteiger partial charge is 0.340 e. The fourth-order valence-corrected chi connectivity index (χ4v) is 5.67. The van der Waals surface area contributed by atoms with Crippen molar-refractivity contribution >= 4 is 41.7 Å². The molecular weight excluding hydrogens is 552 g/mol. The number of halogens is 2. The van der Waals surface area contributed by atoms with Crippen LogP contribution in [0.4, 0.5) is 25.3 Å². The molecule has 2 saturated heterocycles. The van der Waals surface area contributed by atoms with Gasteiger partial charge in [-0.2, -0.15) is 0 Å². The van der Waals surface area contributed by atoms with E-state index < -0.39 is 53.9 Å². The SMILES string of the molecule is CCC(=O)CN1C(=O)C2C(N=CN2[C@@H](C)C(=O)Nc2cccc(-c3cnc(N4CC5C(C4)C5(F)F)nc3)n2)N(C)C1=O. The number of nitrogens with zero attached hydrogens (tertiary/aromatic N) is 8. The van der Waals surface area contributed by atoms with Crippen LogP contribution in [-0.4, -0.2) is 110 Å². The number of alkyl halides is 2. The maximum absolute atomic E-state index is 13.5. The van der Waals surface area contributed by atoms with E-state index >= 15 is 0 Å². The average Bonchev–Trinajstić information content (AvgIpc) is 3.41. The predicted molar refractivity (Wildman–Crippen MR) is 146 cm³/mol. The van der Waals surface area contributed by atoms with Gasteiger partial charge in [0.05, 0.1) is 30.4 Å². The second-order valence-electron chi connectivity index (χ2n) is 10.9. The van der Waals surface area contributed by atoms with Crippen LogP contribution in [0.3, 0.4) is 0 Å². The number of carbonyl (C=O) groups is 4. The van der Waals surface area contributed by atoms with Crippen molar-refractivity contribution in [1.29, 1.82) is 0 Å². The fourth-order valence-electron chi connectivity index (χ4n) is 5.67. The van der Waals surface area contributed by atoms with Crippen molar-refractivity contribution in [3.63, 3.8) is 0 Å². The number of likely N-dealkylation sites (N-methyl/N-ethyl adjacent to an activating group) is 1. The molecule has 1 aliphatic carbocycles. The van der Waals surface area contributed by atoms with Crippen LogP contribution < -0.4 is 10.2 Å². The summed E-state index contributed by atoms with van der Waals surface area (Å²) in [5.41, 5.74) is 1.07. The van der Waals surface area contributed by atoms with Gasteiger partial charge in [-0.1, -0.05) is 13.0 Å². The Hall–Kier alpha value is -4.56. The molecule has 5 heterocycles. The first-order valence-electron chi connectivity index (χ1n) is 13.6. The van der Waals surface area contributed by atoms with Gasteiger partial charge < -0.3 is 20.0 Å². The van der Waals surface area contributed by atoms with Crippen molar-refractivity contribution in [3.05, 3.63) is 30.6 Å². The maximum atomic E-state index is 13.5. The third kappa shape index (κ3) is 4.52. The van der Waals surface area contributed by atoms with Crippen molar-refractivity contribution in [1.82, 2.24) is 29.7 Å². The molecule has 3 fully saturated rings. The van der Waals surface area contributed by atoms with Gasteiger partial charge in [-0.3, -0.25) is 19.3 Å². The van der Waals surface area contributed by atoms with E-state index in [1.807, 2.05) is 0 Å². The normalized spacial score (nSPS) is 26.3. The third-order valence-electron chi connectivity index (χ3n) is 8.38. The minimum absolute atomic E-state index is 0.178. The first-order valence-corrected chi connectivity index (χ1v) is 13.6. The number of imide groups is 1. The fraction of sp³-hybridized carbons (Fsp3) is 0.481. The number of piperidine rings is 1. The van der Waals surface area contributed by atoms with E-state index in [1.165, 1.54) is 23.2 Å². The number of rotatable bonds is 8. The number of hydrogen-bond donors (Lipinski definition) is 1. The number of fused-ring (bicyclic) bond motifs is 2. The van der Waals surface area contributed by atoms with E-state index in [0.29, 0.717) is 17.2 Å². The minimum Gasteiger partial charge on any atom is -0.340 e. The second-order valence-corrected chi connectivity index (χ2v) is 10.9. The van der Waals surface area contributed by atoms with Crippen LogP contribution in [0, 0.1) is 11.8 Å². The molecule has 3 aliphatic heterocycles. The van der Waals surface area contributed by atoms with Crippen molar-refractivity contribution < 1.29 is 28.0 Å². The van der Waals surface area contributed by atoms with Gasteiger partial charge in [-0.05, 0) is 19.1 Å². The van der Waals surface area contributed by atoms with E-state index in [-0.39, 0.29) is 37.7 Å². The van der Waals surface area contributed by atoms with Gasteiger partial charge in [0.25, 0.3) is 11.8 Å². The summed E-state index contributed by atoms with van der Waals surface area (Å²) < 4.78 is 27.0. The molecular formula is C27H29F2N9O4. The highest BCUT2D eigenvalue weighted by Gasteiger charge is 2.72. The van der Waals surface area contributed by atoms with Gasteiger partial charge >= 0.3 is 6.03 Å². The summed E-state index contributed by atoms with van der Waals surface area (Å²) in [6.07, 6.45) is 3.85. The number of aromatic nitrogens is 3. The molecule has 15 heteroatoms. The zero-order valence-electron chi connectivity index (χ0n) is 23.1. The van der Waals surface area contributed by atoms with E-state index in [4.69, 9.17) is 0 Å². The molecule has 1 N–H and O–H groups in total. The lowest BCUT2D eigenvalue weighted by Gasteiger charge is -2.42. The Morgan fingerprint density at radius 3 is 2.50 bits per heavy atom. The van der Waals surface area contributed by atoms with Crippen LogP contribution in [0.25, 0.3) is 11.3 Å². The predicted octanol–water partition coefficient (Wildman–Crippen LogP) is 1.48. The molecule has 13 nitrogen and oxygen atoms in total. The number of Topliss-reactive ketones (excluding diaryl/α,β-unsaturated/α-hetero) is 1. The van der Waals surface area contributed by atoms with Crippen LogP contribution in [-0.2, 0) is 14.4 Å². The summed E-state index contributed by atoms with van der Waals surface area (Å²) >= 11 is 0. The molecule has 6 rings (SSSR count). The van der Waals surface area contributed by atoms with E-state index in [1.54, 1.807) is 49.3 Å². The van der Waals surface area contributed by atoms with Gasteiger partial charge in [-0.15, -0.1) is 0 Å². The molecule has 0 radical (unpaired) electrons. The standard InChI is InChI=1S/C27H29F2N9O4/c1-4-16(39)10-37-24(41)21-22(35(3)26(37)42)32-13-38(21)14(2)23(40)34-20-7-5-6-19(33-20)15-8-30-25(31-9-15)36-11-17-18(12-36)27(17,28)29/h5-9,13-14,17-18,21-22H,4,10-12H2,1-3H3,(H,33,34,40)/t14-,17?,18?,21?,22?/m0/s1. The number of carbonyl (C=O) groups excluding carboxylic acids is 4. The lowest BCUT2D eigenvalue weighted by molar-refractivity contribution is -0.141. The summed E-state index contributed by atoms with van der Waals surface area (Å²) in [6, 6.07) is 2.59. The molecule has 4 amide bonds. The monoisotopic (exact) mass is 581 g/mol. The first kappa shape index (κ1) is 27.6. The number of nitrogens with one attached hydrogen (secondary N) is 1. The van der Waals surface area contributed by atoms with Crippen LogP contribution in [0.5, 0.6) is 0 Å². The van der Waals surface area contributed by atoms with E-state index in [2.05, 4.69) is 25.3 Å². The van der Waals surface area contributed by atoms with Crippen LogP contribution in [0.1, 0.15) is 20.3 Å². The number of pyridine rings is 1. The second kappa shape index (κ2) is 10.1. The van der Waals surface area contributed by atoms with Gasteiger partial charge in [-0.25, -0.2) is 33.5 Å². The molecule has 4 aliphatic rings. The first-order chi connectivity index (χ1) is 20.0. The van der Waals surface area contributed by atoms with E-state index in [0.717, 1.165) is 4.90 Å². The van der Waals surface area contributed by atoms with Gasteiger partial charge in [0.1, 0.15) is 11.9 Å². The van der Waals surface area contributed by atoms with E-state index in [9.17, 15) is 28.0 Å². The quantitative estimate of drug-likeness (QED) is 0.490. The maximum Gasteiger partial charge on any atom is 0.328 e. The summed E-state index contributed by atoms with van der Waals surface area (Å²) in [5, 5.41) is 2.75. The molecule has 2 aromatic heterocycles. The topological polar surface area (TPSA) is 144 Å². The summed E-state index contributed by atoms with van der Waals surface area (Å²) in [6.45, 7) is 3.37. The van der Waals surface area contributed by atoms with Crippen molar-refractivity contribution in [2.75, 3.05) is 36.9 Å². The van der Waals surface area contributed by atoms with Gasteiger partial charge in [0, 0.05) is 44.5 Å². The zero-order chi connectivity index (χ0) is 29.9. The number of hydrogen-bond acceptors (Lipinski definition) is 10. The molecule has 0 spiro atoms. The number of aliphatic imine (C=N–C) groups is 1. The molecule has 5 atom stereocenters. The molecule has 0 bridgehead atoms. The van der Waals surface area contributed by atoms with Gasteiger partial charge in [0.15, 0.2) is 18.0 Å². The zero-order valence-corrected chi connectivity index (χ0v) is 23.1. The Morgan fingerprint density at radius 1 is 1.14 bits per heavy atom. The lowest BCUT2D eigenvalue weighted by Crippen LogP contribution is -2.66. The Morgan fingerprint density at radius 2 is 1.83 bits per heavy atom. The van der Waals surface area contributed by atoms with Crippen LogP contribution in [0.2, 0.25) is 0 Å². The van der Waals surface area contributed by atoms with Crippen LogP contribution in [0.15, 0.2) is 35.6 Å². The van der Waals surface area contributed by atoms with Crippen molar-refractivity contribution in [3.8, 4) is 11.3 Å². The highest BCUT2D eigenvalue weighted by Crippen LogP contribution is 2.59. The number of ketones is 1. The smallest absolute Gasteiger partial charge is 0.328 e. The average molecular weight is 582 g/mol.